The fourth-order valence-corrected chi connectivity index (χ4v) is 5.52. The summed E-state index contributed by atoms with van der Waals surface area (Å²) in [5, 5.41) is 6.29. The first kappa shape index (κ1) is 30.3. The summed E-state index contributed by atoms with van der Waals surface area (Å²) in [5.41, 5.74) is 0.643. The van der Waals surface area contributed by atoms with Crippen molar-refractivity contribution in [1.29, 1.82) is 0 Å². The van der Waals surface area contributed by atoms with Gasteiger partial charge in [-0.2, -0.15) is 0 Å². The molecule has 0 aromatic carbocycles. The maximum atomic E-state index is 13.6. The summed E-state index contributed by atoms with van der Waals surface area (Å²) in [6, 6.07) is -0.790. The van der Waals surface area contributed by atoms with E-state index in [0.717, 1.165) is 38.6 Å². The van der Waals surface area contributed by atoms with Crippen LogP contribution in [0.4, 0.5) is 0 Å². The first-order valence-electron chi connectivity index (χ1n) is 14.3. The fraction of sp³-hybridized carbons (Fsp3) is 0.828. The number of nitrogens with zero attached hydrogens (tertiary/aromatic N) is 2. The largest absolute Gasteiger partial charge is 0.350 e. The van der Waals surface area contributed by atoms with E-state index in [0.29, 0.717) is 5.57 Å². The zero-order valence-electron chi connectivity index (χ0n) is 23.9. The first-order chi connectivity index (χ1) is 17.0. The van der Waals surface area contributed by atoms with Crippen LogP contribution in [0.25, 0.3) is 0 Å². The Balaban J connectivity index is 2.09. The van der Waals surface area contributed by atoms with Crippen molar-refractivity contribution in [3.8, 4) is 0 Å². The molecular formula is C29H52N4O3. The van der Waals surface area contributed by atoms with E-state index >= 15 is 0 Å². The van der Waals surface area contributed by atoms with Gasteiger partial charge in [0.1, 0.15) is 6.04 Å². The Kier molecular flexibility index (Phi) is 12.4. The summed E-state index contributed by atoms with van der Waals surface area (Å²) in [5.74, 6) is -0.139. The molecule has 206 valence electrons. The second kappa shape index (κ2) is 14.7. The van der Waals surface area contributed by atoms with Gasteiger partial charge in [-0.1, -0.05) is 72.3 Å². The van der Waals surface area contributed by atoms with Crippen molar-refractivity contribution in [2.24, 2.45) is 11.8 Å². The molecule has 2 unspecified atom stereocenters. The molecule has 0 aromatic rings. The van der Waals surface area contributed by atoms with E-state index in [2.05, 4.69) is 29.4 Å². The van der Waals surface area contributed by atoms with E-state index in [-0.39, 0.29) is 47.7 Å². The van der Waals surface area contributed by atoms with E-state index in [1.807, 2.05) is 33.9 Å². The number of carbonyl (C=O) groups is 3. The molecule has 2 rings (SSSR count). The van der Waals surface area contributed by atoms with E-state index in [1.54, 1.807) is 11.9 Å². The number of piperidine rings is 1. The fourth-order valence-electron chi connectivity index (χ4n) is 5.52. The molecule has 2 fully saturated rings. The number of rotatable bonds is 9. The molecule has 1 heterocycles. The van der Waals surface area contributed by atoms with Crippen molar-refractivity contribution >= 4 is 17.7 Å². The van der Waals surface area contributed by atoms with Gasteiger partial charge in [0.25, 0.3) is 0 Å². The highest BCUT2D eigenvalue weighted by atomic mass is 16.2. The molecular weight excluding hydrogens is 452 g/mol. The highest BCUT2D eigenvalue weighted by Gasteiger charge is 2.34. The molecule has 7 heteroatoms. The summed E-state index contributed by atoms with van der Waals surface area (Å²) in [7, 11) is 3.77. The Morgan fingerprint density at radius 1 is 0.889 bits per heavy atom. The van der Waals surface area contributed by atoms with E-state index in [4.69, 9.17) is 0 Å². The van der Waals surface area contributed by atoms with Gasteiger partial charge in [0.05, 0.1) is 12.1 Å². The summed E-state index contributed by atoms with van der Waals surface area (Å²) in [6.45, 7) is 10.8. The van der Waals surface area contributed by atoms with Crippen LogP contribution in [-0.2, 0) is 14.4 Å². The van der Waals surface area contributed by atoms with Gasteiger partial charge in [0, 0.05) is 18.7 Å². The number of hydrogen-bond donors (Lipinski definition) is 2. The predicted octanol–water partition coefficient (Wildman–Crippen LogP) is 4.27. The summed E-state index contributed by atoms with van der Waals surface area (Å²) < 4.78 is 0. The van der Waals surface area contributed by atoms with Gasteiger partial charge in [-0.05, 0) is 58.0 Å². The number of likely N-dealkylation sites (N-methyl/N-ethyl adjacent to an activating group) is 2. The third-order valence-electron chi connectivity index (χ3n) is 8.00. The second-order valence-corrected chi connectivity index (χ2v) is 11.8. The van der Waals surface area contributed by atoms with Gasteiger partial charge in [-0.15, -0.1) is 0 Å². The summed E-state index contributed by atoms with van der Waals surface area (Å²) >= 11 is 0. The molecule has 0 spiro atoms. The molecule has 0 bridgehead atoms. The number of nitrogens with one attached hydrogen (secondary N) is 2. The highest BCUT2D eigenvalue weighted by Crippen LogP contribution is 2.20. The predicted molar refractivity (Wildman–Crippen MR) is 146 cm³/mol. The van der Waals surface area contributed by atoms with Crippen molar-refractivity contribution in [2.75, 3.05) is 20.6 Å². The number of amides is 3. The van der Waals surface area contributed by atoms with Crippen molar-refractivity contribution in [3.05, 3.63) is 11.6 Å². The number of carbonyl (C=O) groups excluding carboxylic acids is 3. The molecule has 0 aromatic heterocycles. The van der Waals surface area contributed by atoms with E-state index in [1.165, 1.54) is 32.1 Å². The summed E-state index contributed by atoms with van der Waals surface area (Å²) in [4.78, 5) is 43.5. The lowest BCUT2D eigenvalue weighted by Gasteiger charge is -2.36. The molecule has 1 aliphatic heterocycles. The quantitative estimate of drug-likeness (QED) is 0.460. The minimum absolute atomic E-state index is 0.0406. The molecule has 3 amide bonds. The minimum atomic E-state index is -0.600. The van der Waals surface area contributed by atoms with Crippen molar-refractivity contribution in [3.63, 3.8) is 0 Å². The topological polar surface area (TPSA) is 81.8 Å². The maximum Gasteiger partial charge on any atom is 0.246 e. The molecule has 1 saturated heterocycles. The molecule has 2 aliphatic rings. The lowest BCUT2D eigenvalue weighted by Crippen LogP contribution is -2.57. The summed E-state index contributed by atoms with van der Waals surface area (Å²) in [6.07, 6.45) is 13.1. The molecule has 2 N–H and O–H groups in total. The SMILES string of the molecule is C/C(=C\C(C(C)C)N(C)C(=O)C(NC(=O)[C@H]1CCCCN1C)C(C)C)C(=O)NC1CCCCCCC1. The van der Waals surface area contributed by atoms with Gasteiger partial charge in [0.15, 0.2) is 0 Å². The molecule has 1 aliphatic carbocycles. The van der Waals surface area contributed by atoms with Crippen LogP contribution in [0.15, 0.2) is 11.6 Å². The minimum Gasteiger partial charge on any atom is -0.350 e. The maximum absolute atomic E-state index is 13.6. The Morgan fingerprint density at radius 3 is 2.03 bits per heavy atom. The number of likely N-dealkylation sites (tertiary alicyclic amines) is 1. The third-order valence-corrected chi connectivity index (χ3v) is 8.00. The van der Waals surface area contributed by atoms with Crippen LogP contribution >= 0.6 is 0 Å². The number of hydrogen-bond acceptors (Lipinski definition) is 4. The molecule has 7 nitrogen and oxygen atoms in total. The van der Waals surface area contributed by atoms with Gasteiger partial charge in [0.2, 0.25) is 17.7 Å². The van der Waals surface area contributed by atoms with Crippen molar-refractivity contribution < 1.29 is 14.4 Å². The Hall–Kier alpha value is -1.89. The molecule has 1 saturated carbocycles. The average Bonchev–Trinajstić information content (AvgIpc) is 2.81. The first-order valence-corrected chi connectivity index (χ1v) is 14.3. The van der Waals surface area contributed by atoms with Crippen LogP contribution < -0.4 is 10.6 Å². The van der Waals surface area contributed by atoms with Crippen LogP contribution in [0.5, 0.6) is 0 Å². The van der Waals surface area contributed by atoms with Gasteiger partial charge < -0.3 is 15.5 Å². The van der Waals surface area contributed by atoms with Crippen LogP contribution in [0, 0.1) is 11.8 Å². The zero-order chi connectivity index (χ0) is 26.8. The van der Waals surface area contributed by atoms with Gasteiger partial charge in [-0.3, -0.25) is 19.3 Å². The zero-order valence-corrected chi connectivity index (χ0v) is 23.9. The van der Waals surface area contributed by atoms with Crippen LogP contribution in [-0.4, -0.2) is 72.3 Å². The normalized spacial score (nSPS) is 22.5. The van der Waals surface area contributed by atoms with Gasteiger partial charge in [-0.25, -0.2) is 0 Å². The Labute approximate surface area is 219 Å². The van der Waals surface area contributed by atoms with Crippen molar-refractivity contribution in [2.45, 2.75) is 123 Å². The van der Waals surface area contributed by atoms with Crippen molar-refractivity contribution in [1.82, 2.24) is 20.4 Å². The van der Waals surface area contributed by atoms with Crippen LogP contribution in [0.3, 0.4) is 0 Å². The van der Waals surface area contributed by atoms with Crippen LogP contribution in [0.1, 0.15) is 98.8 Å². The molecule has 36 heavy (non-hydrogen) atoms. The Bertz CT molecular complexity index is 756. The third kappa shape index (κ3) is 8.89. The lowest BCUT2D eigenvalue weighted by molar-refractivity contribution is -0.139. The van der Waals surface area contributed by atoms with E-state index < -0.39 is 6.04 Å². The molecule has 0 radical (unpaired) electrons. The smallest absolute Gasteiger partial charge is 0.246 e. The Morgan fingerprint density at radius 2 is 1.47 bits per heavy atom. The lowest BCUT2D eigenvalue weighted by atomic mass is 9.95. The van der Waals surface area contributed by atoms with Gasteiger partial charge >= 0.3 is 0 Å². The standard InChI is InChI=1S/C29H52N4O3/c1-20(2)25(19-22(5)27(34)30-23-15-11-9-8-10-12-16-23)33(7)29(36)26(21(3)4)31-28(35)24-17-13-14-18-32(24)6/h19-21,23-26H,8-18H2,1-7H3,(H,30,34)(H,31,35)/b22-19+/t24-,25?,26?/m1/s1. The monoisotopic (exact) mass is 504 g/mol. The van der Waals surface area contributed by atoms with Crippen LogP contribution in [0.2, 0.25) is 0 Å². The average molecular weight is 505 g/mol. The molecule has 3 atom stereocenters. The highest BCUT2D eigenvalue weighted by molar-refractivity contribution is 5.93. The second-order valence-electron chi connectivity index (χ2n) is 11.8. The van der Waals surface area contributed by atoms with E-state index in [9.17, 15) is 14.4 Å².